The highest BCUT2D eigenvalue weighted by molar-refractivity contribution is 7.92. The van der Waals surface area contributed by atoms with Gasteiger partial charge in [-0.05, 0) is 61.7 Å². The Morgan fingerprint density at radius 2 is 1.55 bits per heavy atom. The third-order valence-electron chi connectivity index (χ3n) is 5.30. The fourth-order valence-corrected chi connectivity index (χ4v) is 5.30. The lowest BCUT2D eigenvalue weighted by Crippen LogP contribution is -2.41. The minimum Gasteiger partial charge on any atom is -0.348 e. The monoisotopic (exact) mass is 504 g/mol. The van der Waals surface area contributed by atoms with Crippen LogP contribution < -0.4 is 9.62 Å². The molecule has 0 heterocycles. The molecule has 3 aromatic rings. The maximum Gasteiger partial charge on any atom is 0.264 e. The van der Waals surface area contributed by atoms with Gasteiger partial charge in [-0.3, -0.25) is 9.10 Å². The number of amides is 1. The minimum atomic E-state index is -4.05. The number of carbonyl (C=O) groups excluding carboxylic acids is 1. The molecule has 3 aromatic carbocycles. The minimum absolute atomic E-state index is 0.0696. The third-order valence-corrected chi connectivity index (χ3v) is 7.52. The van der Waals surface area contributed by atoms with Gasteiger partial charge >= 0.3 is 0 Å². The second kappa shape index (κ2) is 10.6. The molecule has 3 rings (SSSR count). The van der Waals surface area contributed by atoms with Crippen LogP contribution in [0.5, 0.6) is 0 Å². The molecule has 174 valence electrons. The van der Waals surface area contributed by atoms with Crippen LogP contribution in [0.3, 0.4) is 0 Å². The summed E-state index contributed by atoms with van der Waals surface area (Å²) in [5.41, 5.74) is 3.26. The first-order valence-corrected chi connectivity index (χ1v) is 12.7. The van der Waals surface area contributed by atoms with E-state index in [0.29, 0.717) is 0 Å². The summed E-state index contributed by atoms with van der Waals surface area (Å²) < 4.78 is 28.0. The van der Waals surface area contributed by atoms with E-state index in [1.165, 1.54) is 35.9 Å². The van der Waals surface area contributed by atoms with Crippen molar-refractivity contribution in [1.29, 1.82) is 0 Å². The maximum atomic E-state index is 13.5. The van der Waals surface area contributed by atoms with Crippen molar-refractivity contribution in [2.75, 3.05) is 10.8 Å². The molecule has 1 N–H and O–H groups in total. The molecule has 1 amide bonds. The molecule has 0 saturated carbocycles. The highest BCUT2D eigenvalue weighted by atomic mass is 35.5. The van der Waals surface area contributed by atoms with Crippen LogP contribution >= 0.6 is 23.2 Å². The molecule has 0 aliphatic rings. The number of aryl methyl sites for hydroxylation is 2. The molecule has 8 heteroatoms. The highest BCUT2D eigenvalue weighted by Crippen LogP contribution is 2.30. The van der Waals surface area contributed by atoms with Crippen molar-refractivity contribution >= 4 is 44.8 Å². The number of hydrogen-bond acceptors (Lipinski definition) is 3. The molecule has 5 nitrogen and oxygen atoms in total. The number of hydrogen-bond donors (Lipinski definition) is 1. The lowest BCUT2D eigenvalue weighted by Gasteiger charge is -2.25. The lowest BCUT2D eigenvalue weighted by atomic mass is 10.1. The average molecular weight is 505 g/mol. The Morgan fingerprint density at radius 1 is 0.970 bits per heavy atom. The van der Waals surface area contributed by atoms with Crippen LogP contribution in [0.25, 0.3) is 0 Å². The van der Waals surface area contributed by atoms with Crippen LogP contribution in [-0.2, 0) is 21.2 Å². The van der Waals surface area contributed by atoms with E-state index < -0.39 is 22.5 Å². The van der Waals surface area contributed by atoms with E-state index in [1.807, 2.05) is 38.1 Å². The Balaban J connectivity index is 1.90. The van der Waals surface area contributed by atoms with E-state index >= 15 is 0 Å². The Labute approximate surface area is 205 Å². The Morgan fingerprint density at radius 3 is 2.09 bits per heavy atom. The highest BCUT2D eigenvalue weighted by Gasteiger charge is 2.28. The first-order valence-electron chi connectivity index (χ1n) is 10.5. The second-order valence-electron chi connectivity index (χ2n) is 7.84. The molecule has 1 unspecified atom stereocenters. The molecule has 0 aromatic heterocycles. The van der Waals surface area contributed by atoms with Gasteiger partial charge in [-0.2, -0.15) is 0 Å². The van der Waals surface area contributed by atoms with Crippen molar-refractivity contribution in [2.45, 2.75) is 38.1 Å². The summed E-state index contributed by atoms with van der Waals surface area (Å²) in [4.78, 5) is 13.0. The Kier molecular flexibility index (Phi) is 8.05. The van der Waals surface area contributed by atoms with Gasteiger partial charge in [-0.15, -0.1) is 0 Å². The van der Waals surface area contributed by atoms with E-state index in [0.717, 1.165) is 21.9 Å². The quantitative estimate of drug-likeness (QED) is 0.412. The van der Waals surface area contributed by atoms with E-state index in [4.69, 9.17) is 23.2 Å². The number of benzene rings is 3. The van der Waals surface area contributed by atoms with Crippen LogP contribution in [0.15, 0.2) is 71.6 Å². The number of nitrogens with zero attached hydrogens (tertiary/aromatic N) is 1. The molecule has 0 fully saturated rings. The third kappa shape index (κ3) is 6.28. The molecule has 0 radical (unpaired) electrons. The molecule has 0 aliphatic heterocycles. The molecule has 1 atom stereocenters. The Bertz CT molecular complexity index is 1210. The van der Waals surface area contributed by atoms with Gasteiger partial charge in [0.05, 0.1) is 16.6 Å². The fourth-order valence-electron chi connectivity index (χ4n) is 3.38. The first kappa shape index (κ1) is 25.1. The van der Waals surface area contributed by atoms with Crippen LogP contribution in [0.4, 0.5) is 5.69 Å². The zero-order valence-electron chi connectivity index (χ0n) is 18.7. The van der Waals surface area contributed by atoms with E-state index in [9.17, 15) is 13.2 Å². The zero-order valence-corrected chi connectivity index (χ0v) is 21.0. The number of nitrogens with one attached hydrogen (secondary N) is 1. The average Bonchev–Trinajstić information content (AvgIpc) is 2.77. The fraction of sp³-hybridized carbons (Fsp3) is 0.240. The van der Waals surface area contributed by atoms with E-state index in [-0.39, 0.29) is 26.7 Å². The number of sulfonamides is 1. The van der Waals surface area contributed by atoms with Crippen LogP contribution in [0.2, 0.25) is 10.0 Å². The summed E-state index contributed by atoms with van der Waals surface area (Å²) in [5.74, 6) is -0.450. The van der Waals surface area contributed by atoms with Gasteiger partial charge in [0.1, 0.15) is 6.54 Å². The van der Waals surface area contributed by atoms with Gasteiger partial charge in [0.2, 0.25) is 5.91 Å². The number of rotatable bonds is 8. The molecule has 0 spiro atoms. The van der Waals surface area contributed by atoms with E-state index in [1.54, 1.807) is 12.1 Å². The predicted octanol–water partition coefficient (Wildman–Crippen LogP) is 5.94. The molecular formula is C25H26Cl2N2O3S. The Hall–Kier alpha value is -2.54. The number of carbonyl (C=O) groups is 1. The van der Waals surface area contributed by atoms with Crippen LogP contribution in [-0.4, -0.2) is 20.9 Å². The first-order chi connectivity index (χ1) is 15.6. The maximum absolute atomic E-state index is 13.5. The number of anilines is 1. The predicted molar refractivity (Wildman–Crippen MR) is 135 cm³/mol. The normalized spacial score (nSPS) is 12.3. The summed E-state index contributed by atoms with van der Waals surface area (Å²) in [6.07, 6.45) is 0.926. The van der Waals surface area contributed by atoms with Crippen molar-refractivity contribution in [3.8, 4) is 0 Å². The molecule has 0 saturated heterocycles. The van der Waals surface area contributed by atoms with Crippen LogP contribution in [0, 0.1) is 6.92 Å². The van der Waals surface area contributed by atoms with Crippen molar-refractivity contribution in [3.05, 3.63) is 93.5 Å². The van der Waals surface area contributed by atoms with Gasteiger partial charge in [-0.1, -0.05) is 72.1 Å². The van der Waals surface area contributed by atoms with Gasteiger partial charge in [-0.25, -0.2) is 8.42 Å². The summed E-state index contributed by atoms with van der Waals surface area (Å²) in [6.45, 7) is 5.37. The summed E-state index contributed by atoms with van der Waals surface area (Å²) in [6, 6.07) is 18.5. The summed E-state index contributed by atoms with van der Waals surface area (Å²) in [5, 5.41) is 3.42. The van der Waals surface area contributed by atoms with E-state index in [2.05, 4.69) is 12.2 Å². The van der Waals surface area contributed by atoms with Gasteiger partial charge in [0.25, 0.3) is 10.0 Å². The smallest absolute Gasteiger partial charge is 0.264 e. The second-order valence-corrected chi connectivity index (χ2v) is 10.6. The van der Waals surface area contributed by atoms with Crippen molar-refractivity contribution in [3.63, 3.8) is 0 Å². The zero-order chi connectivity index (χ0) is 24.2. The van der Waals surface area contributed by atoms with Gasteiger partial charge in [0.15, 0.2) is 0 Å². The van der Waals surface area contributed by atoms with Gasteiger partial charge in [0, 0.05) is 10.0 Å². The molecule has 0 aliphatic carbocycles. The molecule has 0 bridgehead atoms. The summed E-state index contributed by atoms with van der Waals surface area (Å²) >= 11 is 12.3. The van der Waals surface area contributed by atoms with Crippen LogP contribution in [0.1, 0.15) is 36.6 Å². The lowest BCUT2D eigenvalue weighted by molar-refractivity contribution is -0.120. The van der Waals surface area contributed by atoms with Crippen molar-refractivity contribution < 1.29 is 13.2 Å². The van der Waals surface area contributed by atoms with Crippen molar-refractivity contribution in [2.24, 2.45) is 0 Å². The topological polar surface area (TPSA) is 66.5 Å². The van der Waals surface area contributed by atoms with Crippen molar-refractivity contribution in [1.82, 2.24) is 5.32 Å². The van der Waals surface area contributed by atoms with Gasteiger partial charge < -0.3 is 5.32 Å². The number of halogens is 2. The molecular weight excluding hydrogens is 479 g/mol. The standard InChI is InChI=1S/C25H26Cl2N2O3S/c1-4-19-7-9-20(10-8-19)18(3)28-25(30)16-29(23-14-21(26)13-22(27)15-23)33(31,32)24-11-5-17(2)6-12-24/h5-15,18H,4,16H2,1-3H3,(H,28,30). The largest absolute Gasteiger partial charge is 0.348 e. The molecule has 33 heavy (non-hydrogen) atoms. The SMILES string of the molecule is CCc1ccc(C(C)NC(=O)CN(c2cc(Cl)cc(Cl)c2)S(=O)(=O)c2ccc(C)cc2)cc1. The summed E-state index contributed by atoms with van der Waals surface area (Å²) in [7, 11) is -4.05.